The van der Waals surface area contributed by atoms with Gasteiger partial charge >= 0.3 is 60.9 Å². The minimum absolute atomic E-state index is 0.0582. The summed E-state index contributed by atoms with van der Waals surface area (Å²) < 4.78 is 277. The summed E-state index contributed by atoms with van der Waals surface area (Å²) >= 11 is 0. The number of ether oxygens (including phenoxy) is 6. The lowest BCUT2D eigenvalue weighted by atomic mass is 9.66. The van der Waals surface area contributed by atoms with Crippen LogP contribution in [0.3, 0.4) is 0 Å². The quantitative estimate of drug-likeness (QED) is 0.0461. The number of carbonyl (C=O) groups excluding carboxylic acids is 4. The first-order valence-electron chi connectivity index (χ1n) is 29.3. The van der Waals surface area contributed by atoms with Crippen molar-refractivity contribution in [2.45, 2.75) is 290 Å². The van der Waals surface area contributed by atoms with Crippen LogP contribution in [0.25, 0.3) is 0 Å². The number of carbonyl (C=O) groups is 4. The largest absolute Gasteiger partial charge is 0.462 e. The highest BCUT2D eigenvalue weighted by Gasteiger charge is 2.81. The average molecular weight is 1390 g/mol. The molecule has 3 fully saturated rings. The lowest BCUT2D eigenvalue weighted by Crippen LogP contribution is -2.76. The van der Waals surface area contributed by atoms with Crippen molar-refractivity contribution < 1.29 is 157 Å². The summed E-state index contributed by atoms with van der Waals surface area (Å²) in [4.78, 5) is 47.8. The molecule has 2 saturated carbocycles. The van der Waals surface area contributed by atoms with Crippen LogP contribution in [0.1, 0.15) is 195 Å². The Kier molecular flexibility index (Phi) is 29.5. The van der Waals surface area contributed by atoms with Crippen LogP contribution in [-0.2, 0) is 47.6 Å². The van der Waals surface area contributed by atoms with Crippen LogP contribution in [0.5, 0.6) is 0 Å². The minimum Gasteiger partial charge on any atom is -0.462 e. The first-order chi connectivity index (χ1) is 40.6. The molecule has 0 aromatic carbocycles. The third-order valence-electron chi connectivity index (χ3n) is 17.8. The van der Waals surface area contributed by atoms with Gasteiger partial charge in [-0.15, -0.1) is 0 Å². The van der Waals surface area contributed by atoms with Gasteiger partial charge in [0.05, 0.1) is 27.3 Å². The van der Waals surface area contributed by atoms with E-state index in [4.69, 9.17) is 14.2 Å². The maximum absolute atomic E-state index is 13.7. The van der Waals surface area contributed by atoms with E-state index in [1.165, 1.54) is 41.5 Å². The second kappa shape index (κ2) is 30.8. The molecule has 1 heterocycles. The second-order valence-corrected chi connectivity index (χ2v) is 27.2. The maximum atomic E-state index is 13.7. The molecule has 0 aromatic heterocycles. The number of halogens is 19. The van der Waals surface area contributed by atoms with Crippen LogP contribution in [0.2, 0.25) is 0 Å². The van der Waals surface area contributed by atoms with Gasteiger partial charge in [-0.3, -0.25) is 23.9 Å². The fourth-order valence-corrected chi connectivity index (χ4v) is 8.99. The van der Waals surface area contributed by atoms with Gasteiger partial charge in [0, 0.05) is 24.2 Å². The van der Waals surface area contributed by atoms with Crippen molar-refractivity contribution in [1.82, 2.24) is 0 Å². The zero-order chi connectivity index (χ0) is 73.5. The van der Waals surface area contributed by atoms with Crippen LogP contribution in [0, 0.1) is 39.4 Å². The summed E-state index contributed by atoms with van der Waals surface area (Å²) in [5.74, 6) is -8.20. The van der Waals surface area contributed by atoms with E-state index in [0.29, 0.717) is 20.3 Å². The first-order valence-corrected chi connectivity index (χ1v) is 29.3. The fourth-order valence-electron chi connectivity index (χ4n) is 8.99. The summed E-state index contributed by atoms with van der Waals surface area (Å²) in [6.45, 7) is 21.7. The smallest absolute Gasteiger partial charge is 0.429 e. The molecule has 1 saturated heterocycles. The molecule has 1 aliphatic heterocycles. The summed E-state index contributed by atoms with van der Waals surface area (Å²) in [6, 6.07) is 0. The Hall–Kier alpha value is -3.73. The van der Waals surface area contributed by atoms with E-state index in [1.54, 1.807) is 20.8 Å². The molecular weight excluding hydrogens is 1300 g/mol. The molecule has 34 heteroatoms. The van der Waals surface area contributed by atoms with Crippen molar-refractivity contribution in [3.05, 3.63) is 0 Å². The van der Waals surface area contributed by atoms with Crippen molar-refractivity contribution in [2.75, 3.05) is 13.4 Å². The first kappa shape index (κ1) is 88.3. The van der Waals surface area contributed by atoms with E-state index in [1.807, 2.05) is 34.6 Å². The van der Waals surface area contributed by atoms with Crippen molar-refractivity contribution >= 4 is 23.9 Å². The summed E-state index contributed by atoms with van der Waals surface area (Å²) in [6.07, 6.45) is -41.3. The fraction of sp³-hybridized carbons (Fsp3) is 0.931. The predicted octanol–water partition coefficient (Wildman–Crippen LogP) is 14.1. The molecule has 92 heavy (non-hydrogen) atoms. The maximum Gasteiger partial charge on any atom is 0.429 e. The Morgan fingerprint density at radius 3 is 1.34 bits per heavy atom. The summed E-state index contributed by atoms with van der Waals surface area (Å²) in [5.41, 5.74) is -24.2. The van der Waals surface area contributed by atoms with Crippen molar-refractivity contribution in [2.24, 2.45) is 39.4 Å². The SMILES string of the molecule is CCC(C)(C)C(=O)OC(CC(C)(O)C(F)F)C(F)(F)F.CCC(C)(C)C(=O)OC1CC(C(C)(O)C(F)(F)F)CC(C(O)(C(F)(F)F)C(F)(F)F)C1.CCC(C)(C)C(=O)OC1CCCCC1C(C)(C)O.CCC(C)(C)C(=O)OCC1(C)OCOC(F)(F)C1(O)C(F)(F)F. The Labute approximate surface area is 522 Å². The average Bonchev–Trinajstić information content (AvgIpc) is 0.720. The summed E-state index contributed by atoms with van der Waals surface area (Å²) in [5, 5.41) is 48.8. The normalized spacial score (nSPS) is 25.7. The number of rotatable bonds is 19. The predicted molar refractivity (Wildman–Crippen MR) is 288 cm³/mol. The van der Waals surface area contributed by atoms with Crippen molar-refractivity contribution in [3.63, 3.8) is 0 Å². The van der Waals surface area contributed by atoms with E-state index < -0.39 is 180 Å². The van der Waals surface area contributed by atoms with Crippen molar-refractivity contribution in [3.8, 4) is 0 Å². The zero-order valence-corrected chi connectivity index (χ0v) is 54.4. The van der Waals surface area contributed by atoms with Gasteiger partial charge in [-0.1, -0.05) is 34.1 Å². The highest BCUT2D eigenvalue weighted by molar-refractivity contribution is 5.77. The summed E-state index contributed by atoms with van der Waals surface area (Å²) in [7, 11) is 0. The van der Waals surface area contributed by atoms with Gasteiger partial charge in [-0.2, -0.15) is 74.6 Å². The molecule has 2 aliphatic carbocycles. The van der Waals surface area contributed by atoms with E-state index in [2.05, 4.69) is 14.2 Å². The molecule has 15 nitrogen and oxygen atoms in total. The molecule has 0 amide bonds. The number of esters is 4. The number of hydrogen-bond acceptors (Lipinski definition) is 15. The molecule has 10 atom stereocenters. The third-order valence-corrected chi connectivity index (χ3v) is 17.8. The Morgan fingerprint density at radius 2 is 0.957 bits per heavy atom. The zero-order valence-electron chi connectivity index (χ0n) is 54.4. The molecule has 0 spiro atoms. The van der Waals surface area contributed by atoms with Gasteiger partial charge in [-0.05, 0) is 154 Å². The topological polar surface area (TPSA) is 225 Å². The highest BCUT2D eigenvalue weighted by Crippen LogP contribution is 2.56. The Morgan fingerprint density at radius 1 is 0.554 bits per heavy atom. The monoisotopic (exact) mass is 1390 g/mol. The Balaban J connectivity index is 0.00000123. The standard InChI is InChI=1S/C18H25F9O4.C15H28O3.C13H19F5O5.C12H19F5O3/c1-5-13(2,3)12(28)31-11-7-9(14(4,29)16(19,20)21)6-10(8-11)15(30,17(22,23)24)18(25,26)27;1-6-14(2,3)13(16)18-12-10-8-7-9-11(12)15(4,5)17;1-5-9(2,3)8(19)21-6-10(4)11(20,12(14,15)16)13(17,18)23-7-22-10;1-5-10(2,3)9(18)20-7(12(15,16)17)6-11(4,19)8(13)14/h9-11,29-30H,5-8H2,1-4H3;11-12,17H,6-10H2,1-5H3;20H,5-7H2,1-4H3;7-8,19H,5-6H2,1-4H3. The van der Waals surface area contributed by atoms with Gasteiger partial charge in [0.15, 0.2) is 18.5 Å². The van der Waals surface area contributed by atoms with Gasteiger partial charge in [-0.25, -0.2) is 8.78 Å². The van der Waals surface area contributed by atoms with Gasteiger partial charge in [0.1, 0.15) is 30.0 Å². The molecule has 10 unspecified atom stereocenters. The van der Waals surface area contributed by atoms with Crippen LogP contribution in [0.15, 0.2) is 0 Å². The van der Waals surface area contributed by atoms with Crippen LogP contribution in [0.4, 0.5) is 83.4 Å². The molecule has 546 valence electrons. The number of aliphatic hydroxyl groups is 5. The van der Waals surface area contributed by atoms with Gasteiger partial charge in [0.2, 0.25) is 0 Å². The lowest BCUT2D eigenvalue weighted by molar-refractivity contribution is -0.493. The number of alkyl halides is 19. The van der Waals surface area contributed by atoms with Gasteiger partial charge in [0.25, 0.3) is 17.6 Å². The molecular formula is C58H91F19O15. The molecule has 5 N–H and O–H groups in total. The van der Waals surface area contributed by atoms with Crippen molar-refractivity contribution in [1.29, 1.82) is 0 Å². The van der Waals surface area contributed by atoms with E-state index in [0.717, 1.165) is 32.1 Å². The van der Waals surface area contributed by atoms with Gasteiger partial charge < -0.3 is 49.2 Å². The second-order valence-electron chi connectivity index (χ2n) is 27.2. The molecule has 0 bridgehead atoms. The highest BCUT2D eigenvalue weighted by atomic mass is 19.4. The molecule has 0 aromatic rings. The molecule has 3 rings (SSSR count). The third kappa shape index (κ3) is 21.6. The van der Waals surface area contributed by atoms with E-state index in [-0.39, 0.29) is 37.8 Å². The molecule has 3 aliphatic rings. The van der Waals surface area contributed by atoms with Crippen LogP contribution in [-0.4, -0.2) is 158 Å². The lowest BCUT2D eigenvalue weighted by Gasteiger charge is -2.50. The van der Waals surface area contributed by atoms with Crippen LogP contribution < -0.4 is 0 Å². The Bertz CT molecular complexity index is 2360. The van der Waals surface area contributed by atoms with E-state index >= 15 is 0 Å². The number of hydrogen-bond donors (Lipinski definition) is 5. The van der Waals surface area contributed by atoms with E-state index in [9.17, 15) is 128 Å². The molecule has 0 radical (unpaired) electrons. The minimum atomic E-state index is -6.28. The van der Waals surface area contributed by atoms with Crippen LogP contribution >= 0.6 is 0 Å².